The van der Waals surface area contributed by atoms with Crippen LogP contribution in [0.3, 0.4) is 0 Å². The number of hydrogen-bond acceptors (Lipinski definition) is 2. The molecule has 230 valence electrons. The Labute approximate surface area is 284 Å². The molecule has 0 unspecified atom stereocenters. The van der Waals surface area contributed by atoms with Crippen LogP contribution in [0, 0.1) is 18.3 Å². The van der Waals surface area contributed by atoms with Gasteiger partial charge < -0.3 is 4.42 Å². The third-order valence-electron chi connectivity index (χ3n) is 10.0. The number of nitrogens with zero attached hydrogens (tertiary/aromatic N) is 1. The maximum absolute atomic E-state index is 10.2. The van der Waals surface area contributed by atoms with Gasteiger partial charge in [0.15, 0.2) is 0 Å². The van der Waals surface area contributed by atoms with Gasteiger partial charge in [0.1, 0.15) is 17.2 Å². The lowest BCUT2D eigenvalue weighted by Gasteiger charge is -2.20. The minimum Gasteiger partial charge on any atom is -0.455 e. The molecule has 1 heterocycles. The fourth-order valence-electron chi connectivity index (χ4n) is 7.94. The van der Waals surface area contributed by atoms with Crippen LogP contribution in [-0.2, 0) is 0 Å². The summed E-state index contributed by atoms with van der Waals surface area (Å²) >= 11 is 0. The number of fused-ring (bicyclic) bond motifs is 6. The zero-order valence-corrected chi connectivity index (χ0v) is 27.3. The molecule has 49 heavy (non-hydrogen) atoms. The Hall–Kier alpha value is -6.43. The largest absolute Gasteiger partial charge is 0.455 e. The SMILES string of the molecule is C/C=C\c1c(C)c(-c2ccc3oc4c(-c5c6ccccc6c(C#N)c6ccccc56)cccc4c3c2)c2ccccc2c1-c1ccccc1. The molecule has 0 saturated heterocycles. The van der Waals surface area contributed by atoms with Gasteiger partial charge in [0.05, 0.1) is 5.56 Å². The predicted octanol–water partition coefficient (Wildman–Crippen LogP) is 13.3. The molecule has 0 fully saturated rings. The lowest BCUT2D eigenvalue weighted by atomic mass is 9.83. The Morgan fingerprint density at radius 2 is 1.10 bits per heavy atom. The van der Waals surface area contributed by atoms with E-state index < -0.39 is 0 Å². The zero-order valence-electron chi connectivity index (χ0n) is 27.3. The van der Waals surface area contributed by atoms with E-state index in [4.69, 9.17) is 4.42 Å². The number of rotatable bonds is 4. The van der Waals surface area contributed by atoms with Crippen molar-refractivity contribution >= 4 is 60.3 Å². The van der Waals surface area contributed by atoms with E-state index in [1.807, 2.05) is 36.4 Å². The number of allylic oxidation sites excluding steroid dienone is 1. The number of hydrogen-bond donors (Lipinski definition) is 0. The van der Waals surface area contributed by atoms with Gasteiger partial charge in [0, 0.05) is 32.7 Å². The molecule has 0 atom stereocenters. The molecule has 8 aromatic carbocycles. The Balaban J connectivity index is 1.33. The molecule has 0 radical (unpaired) electrons. The van der Waals surface area contributed by atoms with Gasteiger partial charge >= 0.3 is 0 Å². The molecule has 9 aromatic rings. The smallest absolute Gasteiger partial charge is 0.143 e. The molecular weight excluding hydrogens is 595 g/mol. The van der Waals surface area contributed by atoms with Crippen LogP contribution >= 0.6 is 0 Å². The van der Waals surface area contributed by atoms with E-state index in [-0.39, 0.29) is 0 Å². The molecule has 0 amide bonds. The van der Waals surface area contributed by atoms with Crippen molar-refractivity contribution in [3.63, 3.8) is 0 Å². The summed E-state index contributed by atoms with van der Waals surface area (Å²) in [6, 6.07) is 51.5. The minimum atomic E-state index is 0.703. The van der Waals surface area contributed by atoms with Crippen molar-refractivity contribution in [2.45, 2.75) is 13.8 Å². The van der Waals surface area contributed by atoms with Crippen molar-refractivity contribution in [3.05, 3.63) is 162 Å². The van der Waals surface area contributed by atoms with Crippen molar-refractivity contribution in [1.29, 1.82) is 5.26 Å². The molecule has 0 bridgehead atoms. The van der Waals surface area contributed by atoms with Gasteiger partial charge in [-0.3, -0.25) is 0 Å². The maximum atomic E-state index is 10.2. The fourth-order valence-corrected chi connectivity index (χ4v) is 7.94. The second-order valence-corrected chi connectivity index (χ2v) is 12.6. The third kappa shape index (κ3) is 4.33. The van der Waals surface area contributed by atoms with Crippen molar-refractivity contribution in [3.8, 4) is 39.4 Å². The topological polar surface area (TPSA) is 36.9 Å². The van der Waals surface area contributed by atoms with Gasteiger partial charge in [-0.25, -0.2) is 0 Å². The number of furan rings is 1. The highest BCUT2D eigenvalue weighted by atomic mass is 16.3. The standard InChI is InChI=1S/C47H31NO/c1-3-14-32-29(2)44(37-21-11-12-22-38(37)45(32)30-15-5-4-6-16-30)31-25-26-43-41(27-31)39-23-13-24-40(47(39)49-43)46-35-19-9-7-17-33(35)42(28-48)34-18-8-10-20-36(34)46/h3-27H,1-2H3/b14-3-. The lowest BCUT2D eigenvalue weighted by Crippen LogP contribution is -1.96. The summed E-state index contributed by atoms with van der Waals surface area (Å²) in [7, 11) is 0. The summed E-state index contributed by atoms with van der Waals surface area (Å²) in [6.07, 6.45) is 4.39. The van der Waals surface area contributed by atoms with Crippen molar-refractivity contribution in [2.24, 2.45) is 0 Å². The maximum Gasteiger partial charge on any atom is 0.143 e. The monoisotopic (exact) mass is 625 g/mol. The van der Waals surface area contributed by atoms with Gasteiger partial charge in [-0.05, 0) is 80.9 Å². The average Bonchev–Trinajstić information content (AvgIpc) is 3.53. The van der Waals surface area contributed by atoms with Crippen LogP contribution in [0.1, 0.15) is 23.6 Å². The first kappa shape index (κ1) is 28.8. The Bertz CT molecular complexity index is 2790. The van der Waals surface area contributed by atoms with Crippen molar-refractivity contribution in [2.75, 3.05) is 0 Å². The predicted molar refractivity (Wildman–Crippen MR) is 207 cm³/mol. The number of para-hydroxylation sites is 1. The molecule has 0 spiro atoms. The summed E-state index contributed by atoms with van der Waals surface area (Å²) in [5.74, 6) is 0. The van der Waals surface area contributed by atoms with Crippen LogP contribution < -0.4 is 0 Å². The van der Waals surface area contributed by atoms with E-state index in [1.54, 1.807) is 0 Å². The molecule has 2 heteroatoms. The van der Waals surface area contributed by atoms with Gasteiger partial charge in [0.25, 0.3) is 0 Å². The molecule has 0 aliphatic heterocycles. The van der Waals surface area contributed by atoms with E-state index in [2.05, 4.69) is 135 Å². The van der Waals surface area contributed by atoms with E-state index in [0.717, 1.165) is 60.2 Å². The number of benzene rings is 8. The average molecular weight is 626 g/mol. The normalized spacial score (nSPS) is 11.8. The highest BCUT2D eigenvalue weighted by molar-refractivity contribution is 6.21. The summed E-state index contributed by atoms with van der Waals surface area (Å²) in [5.41, 5.74) is 11.9. The number of nitriles is 1. The highest BCUT2D eigenvalue weighted by Gasteiger charge is 2.21. The first-order valence-electron chi connectivity index (χ1n) is 16.7. The molecule has 0 saturated carbocycles. The molecule has 0 N–H and O–H groups in total. The van der Waals surface area contributed by atoms with E-state index in [1.165, 1.54) is 38.6 Å². The van der Waals surface area contributed by atoms with Gasteiger partial charge in [-0.15, -0.1) is 0 Å². The first-order valence-corrected chi connectivity index (χ1v) is 16.7. The second kappa shape index (κ2) is 11.4. The van der Waals surface area contributed by atoms with E-state index in [9.17, 15) is 5.26 Å². The Morgan fingerprint density at radius 1 is 0.531 bits per heavy atom. The first-order chi connectivity index (χ1) is 24.2. The van der Waals surface area contributed by atoms with Gasteiger partial charge in [0.2, 0.25) is 0 Å². The zero-order chi connectivity index (χ0) is 33.1. The summed E-state index contributed by atoms with van der Waals surface area (Å²) in [6.45, 7) is 4.34. The molecule has 9 rings (SSSR count). The van der Waals surface area contributed by atoms with Crippen LogP contribution in [0.5, 0.6) is 0 Å². The van der Waals surface area contributed by atoms with Crippen LogP contribution in [0.2, 0.25) is 0 Å². The molecule has 1 aromatic heterocycles. The summed E-state index contributed by atoms with van der Waals surface area (Å²) in [4.78, 5) is 0. The minimum absolute atomic E-state index is 0.703. The molecule has 0 aliphatic rings. The van der Waals surface area contributed by atoms with Crippen molar-refractivity contribution < 1.29 is 4.42 Å². The Morgan fingerprint density at radius 3 is 1.73 bits per heavy atom. The fraction of sp³-hybridized carbons (Fsp3) is 0.0426. The molecule has 0 aliphatic carbocycles. The van der Waals surface area contributed by atoms with Gasteiger partial charge in [-0.2, -0.15) is 5.26 Å². The summed E-state index contributed by atoms with van der Waals surface area (Å²) < 4.78 is 6.76. The van der Waals surface area contributed by atoms with Gasteiger partial charge in [-0.1, -0.05) is 140 Å². The molecular formula is C47H31NO. The lowest BCUT2D eigenvalue weighted by molar-refractivity contribution is 0.670. The van der Waals surface area contributed by atoms with Crippen LogP contribution in [0.25, 0.3) is 93.7 Å². The Kier molecular flexibility index (Phi) is 6.68. The van der Waals surface area contributed by atoms with Crippen LogP contribution in [0.4, 0.5) is 0 Å². The van der Waals surface area contributed by atoms with Crippen molar-refractivity contribution in [1.82, 2.24) is 0 Å². The third-order valence-corrected chi connectivity index (χ3v) is 10.0. The van der Waals surface area contributed by atoms with Crippen LogP contribution in [0.15, 0.2) is 150 Å². The van der Waals surface area contributed by atoms with E-state index >= 15 is 0 Å². The molecule has 2 nitrogen and oxygen atoms in total. The highest BCUT2D eigenvalue weighted by Crippen LogP contribution is 2.46. The van der Waals surface area contributed by atoms with E-state index in [0.29, 0.717) is 5.56 Å². The quantitative estimate of drug-likeness (QED) is 0.182. The van der Waals surface area contributed by atoms with Crippen LogP contribution in [-0.4, -0.2) is 0 Å². The second-order valence-electron chi connectivity index (χ2n) is 12.6. The summed E-state index contributed by atoms with van der Waals surface area (Å²) in [5, 5.41) is 18.8.